The molecule has 166 valence electrons. The van der Waals surface area contributed by atoms with Crippen molar-refractivity contribution < 1.29 is 14.3 Å². The third-order valence-electron chi connectivity index (χ3n) is 5.86. The molecule has 8 heteroatoms. The summed E-state index contributed by atoms with van der Waals surface area (Å²) in [6, 6.07) is 13.9. The number of nitrogen functional groups attached to an aromatic ring is 1. The second-order valence-electron chi connectivity index (χ2n) is 7.72. The van der Waals surface area contributed by atoms with Gasteiger partial charge >= 0.3 is 0 Å². The summed E-state index contributed by atoms with van der Waals surface area (Å²) in [6.45, 7) is 2.04. The predicted octanol–water partition coefficient (Wildman–Crippen LogP) is 6.10. The molecule has 0 bridgehead atoms. The maximum absolute atomic E-state index is 14.0. The lowest BCUT2D eigenvalue weighted by molar-refractivity contribution is -0.121. The number of hydrogen-bond donors (Lipinski definition) is 1. The van der Waals surface area contributed by atoms with E-state index in [2.05, 4.69) is 0 Å². The van der Waals surface area contributed by atoms with Gasteiger partial charge in [-0.2, -0.15) is 0 Å². The van der Waals surface area contributed by atoms with Crippen molar-refractivity contribution in [3.05, 3.63) is 80.3 Å². The predicted molar refractivity (Wildman–Crippen MR) is 130 cm³/mol. The number of benzene rings is 3. The van der Waals surface area contributed by atoms with E-state index in [1.54, 1.807) is 55.5 Å². The van der Waals surface area contributed by atoms with E-state index in [-0.39, 0.29) is 12.5 Å². The molecular weight excluding hydrogens is 471 g/mol. The summed E-state index contributed by atoms with van der Waals surface area (Å²) in [5.74, 6) is 1.06. The minimum atomic E-state index is -1.13. The summed E-state index contributed by atoms with van der Waals surface area (Å²) >= 11 is 19.5. The van der Waals surface area contributed by atoms with Gasteiger partial charge in [0.15, 0.2) is 0 Å². The van der Waals surface area contributed by atoms with E-state index in [9.17, 15) is 4.79 Å². The Labute approximate surface area is 201 Å². The Morgan fingerprint density at radius 2 is 1.69 bits per heavy atom. The highest BCUT2D eigenvalue weighted by molar-refractivity contribution is 6.38. The normalized spacial score (nSPS) is 17.4. The number of hydrogen-bond acceptors (Lipinski definition) is 4. The third-order valence-corrected chi connectivity index (χ3v) is 6.70. The zero-order valence-corrected chi connectivity index (χ0v) is 20.0. The summed E-state index contributed by atoms with van der Waals surface area (Å²) in [6.07, 6.45) is 0. The number of carbonyl (C=O) groups excluding carboxylic acids is 1. The number of methoxy groups -OCH3 is 2. The third kappa shape index (κ3) is 3.54. The van der Waals surface area contributed by atoms with Crippen LogP contribution in [0.4, 0.5) is 11.4 Å². The van der Waals surface area contributed by atoms with Crippen LogP contribution in [0.5, 0.6) is 11.5 Å². The minimum Gasteiger partial charge on any atom is -0.497 e. The zero-order chi connectivity index (χ0) is 23.2. The van der Waals surface area contributed by atoms with Crippen molar-refractivity contribution in [2.24, 2.45) is 0 Å². The van der Waals surface area contributed by atoms with Crippen LogP contribution in [-0.4, -0.2) is 20.1 Å². The molecule has 1 heterocycles. The molecular formula is C24H21Cl3N2O3. The largest absolute Gasteiger partial charge is 0.497 e. The quantitative estimate of drug-likeness (QED) is 0.438. The number of halogens is 3. The SMILES string of the molecule is COc1ccc(CN2C(=O)C(C)(c3cc(N)ccc3Cl)c3cc(Cl)cc(Cl)c32)c(OC)c1. The van der Waals surface area contributed by atoms with Crippen LogP contribution in [0.3, 0.4) is 0 Å². The fourth-order valence-corrected chi connectivity index (χ4v) is 5.10. The van der Waals surface area contributed by atoms with E-state index in [1.807, 2.05) is 19.1 Å². The summed E-state index contributed by atoms with van der Waals surface area (Å²) < 4.78 is 10.8. The zero-order valence-electron chi connectivity index (χ0n) is 17.7. The standard InChI is InChI=1S/C24H21Cl3N2O3/c1-24(17-10-15(28)5-7-19(17)26)18-8-14(25)9-20(27)22(18)29(23(24)30)12-13-4-6-16(31-2)11-21(13)32-3/h4-11H,12,28H2,1-3H3. The van der Waals surface area contributed by atoms with Crippen molar-refractivity contribution in [3.8, 4) is 11.5 Å². The van der Waals surface area contributed by atoms with Gasteiger partial charge in [-0.05, 0) is 60.5 Å². The summed E-state index contributed by atoms with van der Waals surface area (Å²) in [4.78, 5) is 15.6. The van der Waals surface area contributed by atoms with Crippen molar-refractivity contribution in [1.29, 1.82) is 0 Å². The van der Waals surface area contributed by atoms with Gasteiger partial charge < -0.3 is 20.1 Å². The van der Waals surface area contributed by atoms with Crippen molar-refractivity contribution in [3.63, 3.8) is 0 Å². The van der Waals surface area contributed by atoms with E-state index < -0.39 is 5.41 Å². The van der Waals surface area contributed by atoms with Crippen LogP contribution >= 0.6 is 34.8 Å². The van der Waals surface area contributed by atoms with E-state index in [0.717, 1.165) is 5.56 Å². The van der Waals surface area contributed by atoms with E-state index in [1.165, 1.54) is 0 Å². The van der Waals surface area contributed by atoms with Crippen molar-refractivity contribution in [1.82, 2.24) is 0 Å². The first kappa shape index (κ1) is 22.6. The number of nitrogens with two attached hydrogens (primary N) is 1. The first-order valence-corrected chi connectivity index (χ1v) is 10.9. The number of fused-ring (bicyclic) bond motifs is 1. The summed E-state index contributed by atoms with van der Waals surface area (Å²) in [5, 5.41) is 1.23. The van der Waals surface area contributed by atoms with Gasteiger partial charge in [-0.25, -0.2) is 0 Å². The summed E-state index contributed by atoms with van der Waals surface area (Å²) in [7, 11) is 3.15. The second-order valence-corrected chi connectivity index (χ2v) is 8.97. The van der Waals surface area contributed by atoms with Crippen LogP contribution in [0, 0.1) is 0 Å². The van der Waals surface area contributed by atoms with Crippen LogP contribution in [0.15, 0.2) is 48.5 Å². The van der Waals surface area contributed by atoms with Gasteiger partial charge in [0.1, 0.15) is 16.9 Å². The lowest BCUT2D eigenvalue weighted by Gasteiger charge is -2.26. The Bertz CT molecular complexity index is 1230. The van der Waals surface area contributed by atoms with Gasteiger partial charge in [0.2, 0.25) is 5.91 Å². The molecule has 3 aromatic rings. The molecule has 2 N–H and O–H groups in total. The maximum Gasteiger partial charge on any atom is 0.242 e. The molecule has 0 aromatic heterocycles. The molecule has 1 atom stereocenters. The van der Waals surface area contributed by atoms with Gasteiger partial charge in [0.25, 0.3) is 0 Å². The second kappa shape index (κ2) is 8.39. The first-order chi connectivity index (χ1) is 15.2. The molecule has 1 aliphatic heterocycles. The average Bonchev–Trinajstić information content (AvgIpc) is 2.98. The fourth-order valence-electron chi connectivity index (χ4n) is 4.20. The molecule has 1 unspecified atom stereocenters. The van der Waals surface area contributed by atoms with Crippen molar-refractivity contribution in [2.45, 2.75) is 18.9 Å². The monoisotopic (exact) mass is 490 g/mol. The smallest absolute Gasteiger partial charge is 0.242 e. The lowest BCUT2D eigenvalue weighted by atomic mass is 9.77. The molecule has 4 rings (SSSR count). The Morgan fingerprint density at radius 1 is 0.938 bits per heavy atom. The van der Waals surface area contributed by atoms with E-state index in [4.69, 9.17) is 50.0 Å². The highest BCUT2D eigenvalue weighted by atomic mass is 35.5. The van der Waals surface area contributed by atoms with Crippen LogP contribution < -0.4 is 20.1 Å². The molecule has 32 heavy (non-hydrogen) atoms. The topological polar surface area (TPSA) is 64.8 Å². The Kier molecular flexibility index (Phi) is 5.93. The Morgan fingerprint density at radius 3 is 2.38 bits per heavy atom. The summed E-state index contributed by atoms with van der Waals surface area (Å²) in [5.41, 5.74) is 8.05. The van der Waals surface area contributed by atoms with Gasteiger partial charge in [0, 0.05) is 27.4 Å². The van der Waals surface area contributed by atoms with Gasteiger partial charge in [0.05, 0.1) is 31.5 Å². The van der Waals surface area contributed by atoms with Gasteiger partial charge in [-0.3, -0.25) is 4.79 Å². The minimum absolute atomic E-state index is 0.193. The van der Waals surface area contributed by atoms with Crippen LogP contribution in [-0.2, 0) is 16.8 Å². The number of carbonyl (C=O) groups is 1. The molecule has 3 aromatic carbocycles. The van der Waals surface area contributed by atoms with Crippen LogP contribution in [0.1, 0.15) is 23.6 Å². The number of rotatable bonds is 5. The number of amides is 1. The highest BCUT2D eigenvalue weighted by Gasteiger charge is 2.50. The molecule has 0 saturated heterocycles. The van der Waals surface area contributed by atoms with Crippen molar-refractivity contribution in [2.75, 3.05) is 24.9 Å². The number of ether oxygens (including phenoxy) is 2. The number of nitrogens with zero attached hydrogens (tertiary/aromatic N) is 1. The average molecular weight is 492 g/mol. The molecule has 1 aliphatic rings. The van der Waals surface area contributed by atoms with Crippen LogP contribution in [0.25, 0.3) is 0 Å². The molecule has 5 nitrogen and oxygen atoms in total. The fraction of sp³-hybridized carbons (Fsp3) is 0.208. The highest BCUT2D eigenvalue weighted by Crippen LogP contribution is 2.52. The van der Waals surface area contributed by atoms with E-state index >= 15 is 0 Å². The Balaban J connectivity index is 1.90. The lowest BCUT2D eigenvalue weighted by Crippen LogP contribution is -2.39. The molecule has 0 fully saturated rings. The molecule has 1 amide bonds. The Hall–Kier alpha value is -2.60. The molecule has 0 aliphatic carbocycles. The van der Waals surface area contributed by atoms with Crippen LogP contribution in [0.2, 0.25) is 15.1 Å². The van der Waals surface area contributed by atoms with E-state index in [0.29, 0.717) is 49.1 Å². The number of anilines is 2. The van der Waals surface area contributed by atoms with Gasteiger partial charge in [-0.15, -0.1) is 0 Å². The van der Waals surface area contributed by atoms with Crippen molar-refractivity contribution >= 4 is 52.1 Å². The van der Waals surface area contributed by atoms with Gasteiger partial charge in [-0.1, -0.05) is 34.8 Å². The molecule has 0 spiro atoms. The molecule has 0 radical (unpaired) electrons. The molecule has 0 saturated carbocycles. The first-order valence-electron chi connectivity index (χ1n) is 9.78. The maximum atomic E-state index is 14.0.